The number of carbonyl (C=O) groups excluding carboxylic acids is 3. The lowest BCUT2D eigenvalue weighted by Gasteiger charge is -2.18. The van der Waals surface area contributed by atoms with Crippen LogP contribution in [0.25, 0.3) is 0 Å². The number of ether oxygens (including phenoxy) is 3. The molecule has 0 unspecified atom stereocenters. The van der Waals surface area contributed by atoms with Gasteiger partial charge >= 0.3 is 11.9 Å². The monoisotopic (exact) mass is 337 g/mol. The Morgan fingerprint density at radius 2 is 1.88 bits per heavy atom. The highest BCUT2D eigenvalue weighted by Crippen LogP contribution is 2.13. The average Bonchev–Trinajstić information content (AvgIpc) is 2.57. The molecule has 0 radical (unpaired) electrons. The smallest absolute Gasteiger partial charge is 0.338 e. The van der Waals surface area contributed by atoms with E-state index in [4.69, 9.17) is 9.47 Å². The summed E-state index contributed by atoms with van der Waals surface area (Å²) in [7, 11) is 2.74. The minimum absolute atomic E-state index is 0.189. The standard InChI is InChI=1S/C17H23NO6/c1-11(2)8-14(17(21)23-4)18-15(19)10-24-16(20)12-6-5-7-13(9-12)22-3/h5-7,9,11,14H,8,10H2,1-4H3,(H,18,19)/t14-/m0/s1. The molecule has 0 fully saturated rings. The molecule has 24 heavy (non-hydrogen) atoms. The third-order valence-electron chi connectivity index (χ3n) is 3.17. The number of carbonyl (C=O) groups is 3. The predicted molar refractivity (Wildman–Crippen MR) is 86.7 cm³/mol. The summed E-state index contributed by atoms with van der Waals surface area (Å²) in [5.74, 6) is -1.05. The summed E-state index contributed by atoms with van der Waals surface area (Å²) in [4.78, 5) is 35.5. The van der Waals surface area contributed by atoms with E-state index < -0.39 is 30.5 Å². The third-order valence-corrected chi connectivity index (χ3v) is 3.17. The van der Waals surface area contributed by atoms with Crippen LogP contribution in [0, 0.1) is 5.92 Å². The van der Waals surface area contributed by atoms with Crippen LogP contribution in [0.2, 0.25) is 0 Å². The Kier molecular flexibility index (Phi) is 7.74. The van der Waals surface area contributed by atoms with Gasteiger partial charge < -0.3 is 19.5 Å². The van der Waals surface area contributed by atoms with E-state index in [1.807, 2.05) is 13.8 Å². The van der Waals surface area contributed by atoms with Gasteiger partial charge in [0.2, 0.25) is 0 Å². The van der Waals surface area contributed by atoms with Crippen LogP contribution in [0.15, 0.2) is 24.3 Å². The normalized spacial score (nSPS) is 11.5. The van der Waals surface area contributed by atoms with Gasteiger partial charge in [-0.05, 0) is 30.5 Å². The number of esters is 2. The lowest BCUT2D eigenvalue weighted by Crippen LogP contribution is -2.44. The van der Waals surface area contributed by atoms with Crippen LogP contribution in [0.4, 0.5) is 0 Å². The molecule has 1 aromatic rings. The molecule has 7 heteroatoms. The van der Waals surface area contributed by atoms with Crippen molar-refractivity contribution in [3.8, 4) is 5.75 Å². The van der Waals surface area contributed by atoms with E-state index in [1.165, 1.54) is 20.3 Å². The lowest BCUT2D eigenvalue weighted by molar-refractivity contribution is -0.145. The second-order valence-electron chi connectivity index (χ2n) is 5.58. The molecular weight excluding hydrogens is 314 g/mol. The van der Waals surface area contributed by atoms with Crippen LogP contribution in [0.3, 0.4) is 0 Å². The van der Waals surface area contributed by atoms with Crippen LogP contribution in [-0.4, -0.2) is 44.7 Å². The number of methoxy groups -OCH3 is 2. The van der Waals surface area contributed by atoms with E-state index in [-0.39, 0.29) is 11.5 Å². The molecule has 0 bridgehead atoms. The highest BCUT2D eigenvalue weighted by Gasteiger charge is 2.23. The molecule has 0 aliphatic heterocycles. The highest BCUT2D eigenvalue weighted by atomic mass is 16.5. The van der Waals surface area contributed by atoms with Gasteiger partial charge in [0, 0.05) is 0 Å². The first kappa shape index (κ1) is 19.5. The van der Waals surface area contributed by atoms with Gasteiger partial charge in [0.15, 0.2) is 6.61 Å². The lowest BCUT2D eigenvalue weighted by atomic mass is 10.0. The van der Waals surface area contributed by atoms with Crippen LogP contribution in [0.5, 0.6) is 5.75 Å². The molecule has 0 aromatic heterocycles. The van der Waals surface area contributed by atoms with Crippen molar-refractivity contribution < 1.29 is 28.6 Å². The van der Waals surface area contributed by atoms with Crippen LogP contribution >= 0.6 is 0 Å². The van der Waals surface area contributed by atoms with E-state index in [0.717, 1.165) is 0 Å². The fraction of sp³-hybridized carbons (Fsp3) is 0.471. The summed E-state index contributed by atoms with van der Waals surface area (Å²) in [6, 6.07) is 5.63. The van der Waals surface area contributed by atoms with E-state index in [0.29, 0.717) is 12.2 Å². The second kappa shape index (κ2) is 9.54. The van der Waals surface area contributed by atoms with E-state index >= 15 is 0 Å². The van der Waals surface area contributed by atoms with E-state index in [9.17, 15) is 14.4 Å². The van der Waals surface area contributed by atoms with Gasteiger partial charge in [0.1, 0.15) is 11.8 Å². The Morgan fingerprint density at radius 3 is 2.46 bits per heavy atom. The average molecular weight is 337 g/mol. The van der Waals surface area contributed by atoms with Crippen molar-refractivity contribution in [1.29, 1.82) is 0 Å². The summed E-state index contributed by atoms with van der Waals surface area (Å²) in [5, 5.41) is 2.51. The number of nitrogens with one attached hydrogen (secondary N) is 1. The van der Waals surface area contributed by atoms with Crippen molar-refractivity contribution in [3.05, 3.63) is 29.8 Å². The maximum absolute atomic E-state index is 11.9. The van der Waals surface area contributed by atoms with E-state index in [2.05, 4.69) is 10.1 Å². The number of benzene rings is 1. The van der Waals surface area contributed by atoms with Crippen LogP contribution in [-0.2, 0) is 19.1 Å². The summed E-state index contributed by atoms with van der Waals surface area (Å²) in [6.07, 6.45) is 0.433. The molecule has 7 nitrogen and oxygen atoms in total. The quantitative estimate of drug-likeness (QED) is 0.724. The highest BCUT2D eigenvalue weighted by molar-refractivity contribution is 5.92. The summed E-state index contributed by atoms with van der Waals surface area (Å²) < 4.78 is 14.6. The largest absolute Gasteiger partial charge is 0.497 e. The summed E-state index contributed by atoms with van der Waals surface area (Å²) in [5.41, 5.74) is 0.272. The molecule has 1 amide bonds. The van der Waals surface area contributed by atoms with Crippen molar-refractivity contribution in [2.24, 2.45) is 5.92 Å². The Morgan fingerprint density at radius 1 is 1.17 bits per heavy atom. The van der Waals surface area contributed by atoms with Gasteiger partial charge in [-0.3, -0.25) is 4.79 Å². The fourth-order valence-electron chi connectivity index (χ4n) is 2.03. The topological polar surface area (TPSA) is 90.9 Å². The fourth-order valence-corrected chi connectivity index (χ4v) is 2.03. The molecule has 0 heterocycles. The number of hydrogen-bond acceptors (Lipinski definition) is 6. The molecule has 0 aliphatic carbocycles. The maximum Gasteiger partial charge on any atom is 0.338 e. The molecule has 1 aromatic carbocycles. The van der Waals surface area contributed by atoms with Gasteiger partial charge in [-0.25, -0.2) is 9.59 Å². The summed E-state index contributed by atoms with van der Waals surface area (Å²) >= 11 is 0. The first-order valence-electron chi connectivity index (χ1n) is 7.55. The van der Waals surface area contributed by atoms with Crippen LogP contribution < -0.4 is 10.1 Å². The molecule has 1 N–H and O–H groups in total. The molecule has 0 saturated heterocycles. The van der Waals surface area contributed by atoms with Gasteiger partial charge in [0.25, 0.3) is 5.91 Å². The SMILES string of the molecule is COC(=O)[C@H](CC(C)C)NC(=O)COC(=O)c1cccc(OC)c1. The van der Waals surface area contributed by atoms with Gasteiger partial charge in [-0.15, -0.1) is 0 Å². The number of rotatable bonds is 8. The van der Waals surface area contributed by atoms with Crippen molar-refractivity contribution in [3.63, 3.8) is 0 Å². The zero-order valence-corrected chi connectivity index (χ0v) is 14.3. The first-order valence-corrected chi connectivity index (χ1v) is 7.55. The molecule has 0 aliphatic rings. The predicted octanol–water partition coefficient (Wildman–Crippen LogP) is 1.56. The van der Waals surface area contributed by atoms with Crippen molar-refractivity contribution in [1.82, 2.24) is 5.32 Å². The minimum atomic E-state index is -0.766. The third kappa shape index (κ3) is 6.28. The minimum Gasteiger partial charge on any atom is -0.497 e. The van der Waals surface area contributed by atoms with Crippen molar-refractivity contribution in [2.75, 3.05) is 20.8 Å². The van der Waals surface area contributed by atoms with E-state index in [1.54, 1.807) is 18.2 Å². The van der Waals surface area contributed by atoms with Gasteiger partial charge in [-0.1, -0.05) is 19.9 Å². The maximum atomic E-state index is 11.9. The van der Waals surface area contributed by atoms with Gasteiger partial charge in [0.05, 0.1) is 19.8 Å². The zero-order valence-electron chi connectivity index (χ0n) is 14.3. The van der Waals surface area contributed by atoms with Gasteiger partial charge in [-0.2, -0.15) is 0 Å². The zero-order chi connectivity index (χ0) is 18.1. The molecular formula is C17H23NO6. The van der Waals surface area contributed by atoms with Crippen molar-refractivity contribution in [2.45, 2.75) is 26.3 Å². The Hall–Kier alpha value is -2.57. The first-order chi connectivity index (χ1) is 11.4. The summed E-state index contributed by atoms with van der Waals surface area (Å²) in [6.45, 7) is 3.36. The Balaban J connectivity index is 2.57. The molecule has 0 spiro atoms. The molecule has 0 saturated carbocycles. The molecule has 1 rings (SSSR count). The Labute approximate surface area is 141 Å². The molecule has 1 atom stereocenters. The second-order valence-corrected chi connectivity index (χ2v) is 5.58. The van der Waals surface area contributed by atoms with Crippen LogP contribution in [0.1, 0.15) is 30.6 Å². The molecule has 132 valence electrons. The number of amides is 1. The Bertz CT molecular complexity index is 584. The van der Waals surface area contributed by atoms with Crippen molar-refractivity contribution >= 4 is 17.8 Å². The number of hydrogen-bond donors (Lipinski definition) is 1.